The molecule has 2 saturated heterocycles. The molecule has 8 nitrogen and oxygen atoms in total. The van der Waals surface area contributed by atoms with Gasteiger partial charge in [0, 0.05) is 44.8 Å². The normalized spacial score (nSPS) is 18.2. The maximum atomic E-state index is 13.1. The van der Waals surface area contributed by atoms with E-state index in [1.165, 1.54) is 16.6 Å². The van der Waals surface area contributed by atoms with E-state index >= 15 is 0 Å². The number of amides is 2. The number of nitrogens with zero attached hydrogens (tertiary/aromatic N) is 3. The molecule has 2 aliphatic rings. The predicted molar refractivity (Wildman–Crippen MR) is 114 cm³/mol. The molecule has 0 spiro atoms. The van der Waals surface area contributed by atoms with Gasteiger partial charge >= 0.3 is 0 Å². The summed E-state index contributed by atoms with van der Waals surface area (Å²) in [7, 11) is -3.63. The van der Waals surface area contributed by atoms with Crippen LogP contribution in [0.1, 0.15) is 45.7 Å². The van der Waals surface area contributed by atoms with Gasteiger partial charge in [0.15, 0.2) is 5.76 Å². The lowest BCUT2D eigenvalue weighted by Crippen LogP contribution is -2.50. The highest BCUT2D eigenvalue weighted by atomic mass is 32.2. The van der Waals surface area contributed by atoms with E-state index in [2.05, 4.69) is 0 Å². The van der Waals surface area contributed by atoms with E-state index in [0.717, 1.165) is 19.3 Å². The fourth-order valence-corrected chi connectivity index (χ4v) is 5.87. The van der Waals surface area contributed by atoms with Gasteiger partial charge in [-0.25, -0.2) is 8.42 Å². The monoisotopic (exact) mass is 445 g/mol. The average molecular weight is 446 g/mol. The quantitative estimate of drug-likeness (QED) is 0.721. The number of sulfonamides is 1. The second-order valence-electron chi connectivity index (χ2n) is 8.01. The van der Waals surface area contributed by atoms with E-state index in [0.29, 0.717) is 50.4 Å². The minimum absolute atomic E-state index is 0.192. The number of piperidine rings is 1. The molecule has 0 N–H and O–H groups in total. The van der Waals surface area contributed by atoms with Crippen LogP contribution in [-0.4, -0.2) is 73.6 Å². The van der Waals surface area contributed by atoms with Crippen molar-refractivity contribution in [1.29, 1.82) is 0 Å². The third kappa shape index (κ3) is 4.38. The summed E-state index contributed by atoms with van der Waals surface area (Å²) < 4.78 is 33.0. The third-order valence-corrected chi connectivity index (χ3v) is 7.99. The summed E-state index contributed by atoms with van der Waals surface area (Å²) in [6.45, 7) is 4.36. The summed E-state index contributed by atoms with van der Waals surface area (Å²) >= 11 is 0. The Morgan fingerprint density at radius 1 is 0.871 bits per heavy atom. The second-order valence-corrected chi connectivity index (χ2v) is 9.91. The zero-order valence-corrected chi connectivity index (χ0v) is 18.4. The molecule has 0 bridgehead atoms. The van der Waals surface area contributed by atoms with Gasteiger partial charge in [0.05, 0.1) is 11.2 Å². The van der Waals surface area contributed by atoms with Gasteiger partial charge in [-0.15, -0.1) is 0 Å². The van der Waals surface area contributed by atoms with Crippen molar-refractivity contribution in [2.24, 2.45) is 0 Å². The van der Waals surface area contributed by atoms with Gasteiger partial charge in [0.25, 0.3) is 11.8 Å². The number of hydrogen-bond acceptors (Lipinski definition) is 5. The van der Waals surface area contributed by atoms with Crippen LogP contribution >= 0.6 is 0 Å². The van der Waals surface area contributed by atoms with Crippen molar-refractivity contribution in [3.8, 4) is 0 Å². The van der Waals surface area contributed by atoms with E-state index < -0.39 is 10.0 Å². The van der Waals surface area contributed by atoms with E-state index in [9.17, 15) is 18.0 Å². The summed E-state index contributed by atoms with van der Waals surface area (Å²) in [6.07, 6.45) is 4.22. The number of benzene rings is 1. The van der Waals surface area contributed by atoms with Crippen molar-refractivity contribution in [3.63, 3.8) is 0 Å². The highest BCUT2D eigenvalue weighted by Gasteiger charge is 2.30. The lowest BCUT2D eigenvalue weighted by Gasteiger charge is -2.34. The first kappa shape index (κ1) is 21.6. The van der Waals surface area contributed by atoms with Crippen molar-refractivity contribution in [1.82, 2.24) is 14.1 Å². The average Bonchev–Trinajstić information content (AvgIpc) is 3.34. The molecule has 0 unspecified atom stereocenters. The molecule has 2 aliphatic heterocycles. The maximum absolute atomic E-state index is 13.1. The molecule has 1 aromatic carbocycles. The lowest BCUT2D eigenvalue weighted by molar-refractivity contribution is 0.0518. The number of hydrogen-bond donors (Lipinski definition) is 0. The molecule has 0 saturated carbocycles. The van der Waals surface area contributed by atoms with Crippen LogP contribution in [0.3, 0.4) is 0 Å². The molecule has 9 heteroatoms. The van der Waals surface area contributed by atoms with Gasteiger partial charge in [-0.05, 0) is 49.6 Å². The molecule has 0 radical (unpaired) electrons. The minimum Gasteiger partial charge on any atom is -0.459 e. The fourth-order valence-electron chi connectivity index (χ4n) is 4.11. The number of carbonyl (C=O) groups is 2. The molecule has 1 aromatic heterocycles. The Balaban J connectivity index is 1.47. The number of aryl methyl sites for hydroxylation is 1. The van der Waals surface area contributed by atoms with Crippen LogP contribution < -0.4 is 0 Å². The van der Waals surface area contributed by atoms with Crippen molar-refractivity contribution < 1.29 is 22.4 Å². The molecule has 0 atom stereocenters. The Hall–Kier alpha value is -2.65. The van der Waals surface area contributed by atoms with Crippen LogP contribution in [-0.2, 0) is 10.0 Å². The molecule has 2 amide bonds. The third-order valence-electron chi connectivity index (χ3n) is 5.95. The number of carbonyl (C=O) groups excluding carboxylic acids is 2. The zero-order valence-electron chi connectivity index (χ0n) is 17.6. The molecular weight excluding hydrogens is 418 g/mol. The van der Waals surface area contributed by atoms with Crippen LogP contribution in [0.5, 0.6) is 0 Å². The Bertz CT molecular complexity index is 1050. The Kier molecular flexibility index (Phi) is 6.15. The van der Waals surface area contributed by atoms with Gasteiger partial charge in [0.1, 0.15) is 0 Å². The fraction of sp³-hybridized carbons (Fsp3) is 0.455. The Morgan fingerprint density at radius 2 is 1.52 bits per heavy atom. The van der Waals surface area contributed by atoms with Crippen molar-refractivity contribution in [3.05, 3.63) is 53.5 Å². The van der Waals surface area contributed by atoms with Crippen molar-refractivity contribution in [2.45, 2.75) is 31.1 Å². The van der Waals surface area contributed by atoms with E-state index in [1.807, 2.05) is 0 Å². The number of piperazine rings is 1. The maximum Gasteiger partial charge on any atom is 0.289 e. The van der Waals surface area contributed by atoms with Gasteiger partial charge in [0.2, 0.25) is 10.0 Å². The van der Waals surface area contributed by atoms with Gasteiger partial charge < -0.3 is 14.2 Å². The topological polar surface area (TPSA) is 91.1 Å². The van der Waals surface area contributed by atoms with Crippen LogP contribution in [0, 0.1) is 6.92 Å². The Labute approximate surface area is 182 Å². The SMILES string of the molecule is Cc1ccc(C(=O)N2CCN(C(=O)c3ccco3)CC2)cc1S(=O)(=O)N1CCCCC1. The van der Waals surface area contributed by atoms with E-state index in [1.54, 1.807) is 41.0 Å². The molecule has 0 aliphatic carbocycles. The number of furan rings is 1. The molecule has 166 valence electrons. The zero-order chi connectivity index (χ0) is 22.0. The first-order valence-electron chi connectivity index (χ1n) is 10.6. The molecule has 3 heterocycles. The summed E-state index contributed by atoms with van der Waals surface area (Å²) in [5.74, 6) is -0.131. The molecule has 2 fully saturated rings. The summed E-state index contributed by atoms with van der Waals surface area (Å²) in [5, 5.41) is 0. The molecule has 4 rings (SSSR count). The predicted octanol–water partition coefficient (Wildman–Crippen LogP) is 2.36. The molecule has 31 heavy (non-hydrogen) atoms. The van der Waals surface area contributed by atoms with Gasteiger partial charge in [-0.3, -0.25) is 9.59 Å². The van der Waals surface area contributed by atoms with Gasteiger partial charge in [-0.2, -0.15) is 4.31 Å². The first-order valence-corrected chi connectivity index (χ1v) is 12.0. The molecule has 2 aromatic rings. The lowest BCUT2D eigenvalue weighted by atomic mass is 10.1. The van der Waals surface area contributed by atoms with Gasteiger partial charge in [-0.1, -0.05) is 12.5 Å². The van der Waals surface area contributed by atoms with Crippen LogP contribution in [0.2, 0.25) is 0 Å². The van der Waals surface area contributed by atoms with Crippen molar-refractivity contribution >= 4 is 21.8 Å². The summed E-state index contributed by atoms with van der Waals surface area (Å²) in [6, 6.07) is 8.16. The van der Waals surface area contributed by atoms with E-state index in [-0.39, 0.29) is 22.5 Å². The minimum atomic E-state index is -3.63. The van der Waals surface area contributed by atoms with Crippen LogP contribution in [0.15, 0.2) is 45.9 Å². The number of rotatable bonds is 4. The van der Waals surface area contributed by atoms with Crippen LogP contribution in [0.25, 0.3) is 0 Å². The van der Waals surface area contributed by atoms with Crippen LogP contribution in [0.4, 0.5) is 0 Å². The second kappa shape index (κ2) is 8.84. The largest absolute Gasteiger partial charge is 0.459 e. The van der Waals surface area contributed by atoms with E-state index in [4.69, 9.17) is 4.42 Å². The highest BCUT2D eigenvalue weighted by molar-refractivity contribution is 7.89. The first-order chi connectivity index (χ1) is 14.9. The highest BCUT2D eigenvalue weighted by Crippen LogP contribution is 2.25. The standard InChI is InChI=1S/C22H27N3O5S/c1-17-7-8-18(16-20(17)31(28,29)25-9-3-2-4-10-25)21(26)23-11-13-24(14-12-23)22(27)19-6-5-15-30-19/h5-8,15-16H,2-4,9-14H2,1H3. The van der Waals surface area contributed by atoms with Crippen molar-refractivity contribution in [2.75, 3.05) is 39.3 Å². The summed E-state index contributed by atoms with van der Waals surface area (Å²) in [4.78, 5) is 29.0. The Morgan fingerprint density at radius 3 is 2.13 bits per heavy atom. The summed E-state index contributed by atoms with van der Waals surface area (Å²) in [5.41, 5.74) is 0.989. The smallest absolute Gasteiger partial charge is 0.289 e. The molecular formula is C22H27N3O5S.